The number of carbonyl (C=O) groups is 4. The van der Waals surface area contributed by atoms with Gasteiger partial charge in [-0.1, -0.05) is 32.0 Å². The molecule has 0 aliphatic carbocycles. The summed E-state index contributed by atoms with van der Waals surface area (Å²) in [6, 6.07) is 12.6. The molecule has 2 saturated heterocycles. The van der Waals surface area contributed by atoms with Gasteiger partial charge in [-0.3, -0.25) is 9.59 Å². The number of methoxy groups -OCH3 is 2. The van der Waals surface area contributed by atoms with E-state index in [4.69, 9.17) is 24.2 Å². The number of hydrogen-bond donors (Lipinski definition) is 4. The number of aromatic nitrogens is 4. The minimum Gasteiger partial charge on any atom is -0.488 e. The van der Waals surface area contributed by atoms with E-state index in [0.29, 0.717) is 18.3 Å². The maximum Gasteiger partial charge on any atom is 0.407 e. The first-order valence-corrected chi connectivity index (χ1v) is 20.0. The van der Waals surface area contributed by atoms with Crippen LogP contribution < -0.4 is 15.4 Å². The zero-order valence-electron chi connectivity index (χ0n) is 33.8. The first-order chi connectivity index (χ1) is 27.9. The normalized spacial score (nSPS) is 21.0. The highest BCUT2D eigenvalue weighted by Crippen LogP contribution is 2.44. The lowest BCUT2D eigenvalue weighted by molar-refractivity contribution is -0.137. The van der Waals surface area contributed by atoms with Crippen molar-refractivity contribution in [1.29, 1.82) is 0 Å². The smallest absolute Gasteiger partial charge is 0.407 e. The van der Waals surface area contributed by atoms with Gasteiger partial charge in [-0.25, -0.2) is 19.6 Å². The number of hydrogen-bond acceptors (Lipinski definition) is 9. The van der Waals surface area contributed by atoms with Crippen molar-refractivity contribution in [1.82, 2.24) is 40.4 Å². The second-order valence-electron chi connectivity index (χ2n) is 16.1. The first kappa shape index (κ1) is 38.7. The summed E-state index contributed by atoms with van der Waals surface area (Å²) in [7, 11) is 2.57. The van der Waals surface area contributed by atoms with Gasteiger partial charge >= 0.3 is 12.2 Å². The van der Waals surface area contributed by atoms with Crippen LogP contribution in [-0.2, 0) is 25.7 Å². The molecular formula is C43H50N8O7. The van der Waals surface area contributed by atoms with Gasteiger partial charge in [0.15, 0.2) is 0 Å². The number of likely N-dealkylation sites (tertiary alicyclic amines) is 2. The molecule has 0 spiro atoms. The molecule has 0 radical (unpaired) electrons. The van der Waals surface area contributed by atoms with E-state index in [1.54, 1.807) is 13.1 Å². The number of fused-ring (bicyclic) bond motifs is 6. The largest absolute Gasteiger partial charge is 0.488 e. The molecule has 5 aromatic rings. The fraction of sp³-hybridized carbons (Fsp3) is 0.442. The monoisotopic (exact) mass is 790 g/mol. The van der Waals surface area contributed by atoms with Crippen LogP contribution in [0.4, 0.5) is 9.59 Å². The molecule has 15 heteroatoms. The minimum atomic E-state index is -0.737. The zero-order valence-corrected chi connectivity index (χ0v) is 33.8. The van der Waals surface area contributed by atoms with E-state index in [-0.39, 0.29) is 41.9 Å². The molecule has 58 heavy (non-hydrogen) atoms. The van der Waals surface area contributed by atoms with Gasteiger partial charge < -0.3 is 44.6 Å². The van der Waals surface area contributed by atoms with E-state index in [2.05, 4.69) is 57.0 Å². The van der Waals surface area contributed by atoms with Gasteiger partial charge in [-0.2, -0.15) is 0 Å². The molecule has 304 valence electrons. The number of ether oxygens (including phenoxy) is 3. The topological polar surface area (TPSA) is 184 Å². The second-order valence-corrected chi connectivity index (χ2v) is 16.1. The van der Waals surface area contributed by atoms with Crippen LogP contribution in [0.1, 0.15) is 89.6 Å². The highest BCUT2D eigenvalue weighted by molar-refractivity contribution is 6.07. The Morgan fingerprint density at radius 1 is 0.810 bits per heavy atom. The number of H-pyrrole nitrogens is 2. The average molecular weight is 791 g/mol. The van der Waals surface area contributed by atoms with Crippen LogP contribution in [0.15, 0.2) is 48.7 Å². The number of imidazole rings is 2. The average Bonchev–Trinajstić information content (AvgIpc) is 4.04. The Labute approximate surface area is 336 Å². The number of alkyl carbamates (subject to hydrolysis) is 2. The third-order valence-corrected chi connectivity index (χ3v) is 12.0. The molecule has 4 N–H and O–H groups in total. The standard InChI is InChI=1S/C43H50N8O7/c1-21(2)36(49-43(55)57-7)41(53)51-23(4)9-15-34(51)39-46-31-13-11-25-17-30-28-12-10-26(16-27(28)20-58-35(30)18-29(25)37(31)48-39)32-19-44-38(47-32)33-14-8-22(3)50(33)40(52)24(5)45-42(54)56-6/h10-13,16-19,21-24,33-34,36H,8-9,14-15,20H2,1-7H3,(H,44,47)(H,45,54)(H,46,48)(H,49,55)/t22-,23-,24-,33-,34?,36-/m0/s1. The summed E-state index contributed by atoms with van der Waals surface area (Å²) in [5.74, 6) is 1.72. The summed E-state index contributed by atoms with van der Waals surface area (Å²) >= 11 is 0. The second kappa shape index (κ2) is 15.3. The number of carbonyl (C=O) groups excluding carboxylic acids is 4. The minimum absolute atomic E-state index is 0.00541. The predicted octanol–water partition coefficient (Wildman–Crippen LogP) is 6.89. The van der Waals surface area contributed by atoms with Gasteiger partial charge in [-0.15, -0.1) is 0 Å². The first-order valence-electron chi connectivity index (χ1n) is 20.0. The molecule has 2 aromatic heterocycles. The molecule has 2 fully saturated rings. The third kappa shape index (κ3) is 6.85. The molecule has 0 saturated carbocycles. The van der Waals surface area contributed by atoms with Crippen LogP contribution in [0.3, 0.4) is 0 Å². The fourth-order valence-electron chi connectivity index (χ4n) is 8.91. The Hall–Kier alpha value is -6.12. The molecule has 1 unspecified atom stereocenters. The molecule has 15 nitrogen and oxygen atoms in total. The highest BCUT2D eigenvalue weighted by Gasteiger charge is 2.42. The molecule has 6 atom stereocenters. The Balaban J connectivity index is 1.05. The van der Waals surface area contributed by atoms with Gasteiger partial charge in [0, 0.05) is 23.0 Å². The number of nitrogens with one attached hydrogen (secondary N) is 4. The van der Waals surface area contributed by atoms with Crippen molar-refractivity contribution in [3.63, 3.8) is 0 Å². The number of aromatic amines is 2. The SMILES string of the molecule is COC(=O)N[C@@H](C)C(=O)N1[C@@H](C)CC[C@H]1c1ncc(-c2ccc3c(c2)COc2cc4c(ccc5[nH]c(C6CC[C@H](C)N6C(=O)[C@@H](NC(=O)OC)C(C)C)nc54)cc2-3)[nH]1. The summed E-state index contributed by atoms with van der Waals surface area (Å²) in [6.07, 6.45) is 3.67. The van der Waals surface area contributed by atoms with Crippen LogP contribution in [0.2, 0.25) is 0 Å². The van der Waals surface area contributed by atoms with Crippen molar-refractivity contribution in [3.8, 4) is 28.1 Å². The van der Waals surface area contributed by atoms with Gasteiger partial charge in [0.1, 0.15) is 36.1 Å². The highest BCUT2D eigenvalue weighted by atomic mass is 16.5. The van der Waals surface area contributed by atoms with Gasteiger partial charge in [-0.05, 0) is 98.7 Å². The van der Waals surface area contributed by atoms with Crippen molar-refractivity contribution in [3.05, 3.63) is 65.9 Å². The van der Waals surface area contributed by atoms with Gasteiger partial charge in [0.25, 0.3) is 0 Å². The van der Waals surface area contributed by atoms with Gasteiger partial charge in [0.2, 0.25) is 11.8 Å². The quantitative estimate of drug-likeness (QED) is 0.130. The summed E-state index contributed by atoms with van der Waals surface area (Å²) in [4.78, 5) is 71.8. The molecule has 0 bridgehead atoms. The molecular weight excluding hydrogens is 741 g/mol. The lowest BCUT2D eigenvalue weighted by atomic mass is 9.92. The van der Waals surface area contributed by atoms with Crippen LogP contribution >= 0.6 is 0 Å². The summed E-state index contributed by atoms with van der Waals surface area (Å²) in [5, 5.41) is 7.28. The van der Waals surface area contributed by atoms with E-state index in [9.17, 15) is 19.2 Å². The lowest BCUT2D eigenvalue weighted by Gasteiger charge is -2.32. The van der Waals surface area contributed by atoms with Crippen LogP contribution in [0.5, 0.6) is 5.75 Å². The van der Waals surface area contributed by atoms with Crippen molar-refractivity contribution in [2.45, 2.75) is 103 Å². The summed E-state index contributed by atoms with van der Waals surface area (Å²) < 4.78 is 15.9. The molecule has 8 rings (SSSR count). The van der Waals surface area contributed by atoms with E-state index in [1.807, 2.05) is 43.6 Å². The summed E-state index contributed by atoms with van der Waals surface area (Å²) in [6.45, 7) is 9.90. The maximum atomic E-state index is 13.9. The fourth-order valence-corrected chi connectivity index (χ4v) is 8.91. The van der Waals surface area contributed by atoms with Crippen molar-refractivity contribution in [2.75, 3.05) is 14.2 Å². The Morgan fingerprint density at radius 2 is 1.50 bits per heavy atom. The van der Waals surface area contributed by atoms with Crippen molar-refractivity contribution < 1.29 is 33.4 Å². The van der Waals surface area contributed by atoms with Gasteiger partial charge in [0.05, 0.1) is 49.2 Å². The van der Waals surface area contributed by atoms with Crippen LogP contribution in [-0.4, -0.2) is 92.1 Å². The molecule has 3 aliphatic rings. The van der Waals surface area contributed by atoms with E-state index in [1.165, 1.54) is 14.2 Å². The number of rotatable bonds is 8. The molecule has 3 aliphatic heterocycles. The number of nitrogens with zero attached hydrogens (tertiary/aromatic N) is 4. The zero-order chi connectivity index (χ0) is 41.0. The lowest BCUT2D eigenvalue weighted by Crippen LogP contribution is -2.52. The van der Waals surface area contributed by atoms with Crippen LogP contribution in [0, 0.1) is 5.92 Å². The Morgan fingerprint density at radius 3 is 2.21 bits per heavy atom. The van der Waals surface area contributed by atoms with E-state index < -0.39 is 24.3 Å². The Bertz CT molecular complexity index is 2420. The molecule has 5 heterocycles. The van der Waals surface area contributed by atoms with E-state index >= 15 is 0 Å². The summed E-state index contributed by atoms with van der Waals surface area (Å²) in [5.41, 5.74) is 6.58. The third-order valence-electron chi connectivity index (χ3n) is 12.0. The van der Waals surface area contributed by atoms with E-state index in [0.717, 1.165) is 81.2 Å². The van der Waals surface area contributed by atoms with Crippen LogP contribution in [0.25, 0.3) is 44.2 Å². The Kier molecular flexibility index (Phi) is 10.2. The number of amides is 4. The predicted molar refractivity (Wildman–Crippen MR) is 217 cm³/mol. The van der Waals surface area contributed by atoms with Crippen molar-refractivity contribution in [2.24, 2.45) is 5.92 Å². The number of benzene rings is 3. The molecule has 4 amide bonds. The van der Waals surface area contributed by atoms with Crippen molar-refractivity contribution >= 4 is 45.8 Å². The maximum absolute atomic E-state index is 13.9. The molecule has 3 aromatic carbocycles.